The molecule has 1 aromatic heterocycles. The molecule has 1 aromatic rings. The topological polar surface area (TPSA) is 50.4 Å². The number of hydrogen-bond donors (Lipinski definition) is 2. The summed E-state index contributed by atoms with van der Waals surface area (Å²) in [6.45, 7) is 0.839. The van der Waals surface area contributed by atoms with Crippen LogP contribution in [0, 0.1) is 0 Å². The predicted molar refractivity (Wildman–Crippen MR) is 94.9 cm³/mol. The van der Waals surface area contributed by atoms with Gasteiger partial charge in [0.1, 0.15) is 5.00 Å². The Hall–Kier alpha value is -0.790. The molecule has 0 saturated carbocycles. The summed E-state index contributed by atoms with van der Waals surface area (Å²) < 4.78 is 4.92. The molecule has 0 amide bonds. The summed E-state index contributed by atoms with van der Waals surface area (Å²) in [6.07, 6.45) is 6.26. The van der Waals surface area contributed by atoms with E-state index in [1.807, 2.05) is 11.8 Å². The van der Waals surface area contributed by atoms with Crippen LogP contribution in [0.15, 0.2) is 0 Å². The first-order valence-electron chi connectivity index (χ1n) is 6.94. The molecular formula is C14H20N2O2S3. The number of anilines is 1. The molecule has 4 nitrogen and oxygen atoms in total. The fourth-order valence-corrected chi connectivity index (χ4v) is 4.36. The van der Waals surface area contributed by atoms with Crippen LogP contribution in [0.3, 0.4) is 0 Å². The van der Waals surface area contributed by atoms with E-state index in [2.05, 4.69) is 16.9 Å². The van der Waals surface area contributed by atoms with Crippen molar-refractivity contribution >= 4 is 51.4 Å². The maximum Gasteiger partial charge on any atom is 0.341 e. The summed E-state index contributed by atoms with van der Waals surface area (Å²) in [5.41, 5.74) is 1.81. The molecule has 0 atom stereocenters. The Morgan fingerprint density at radius 2 is 2.29 bits per heavy atom. The number of nitrogens with one attached hydrogen (secondary N) is 2. The molecule has 0 bridgehead atoms. The number of methoxy groups -OCH3 is 1. The van der Waals surface area contributed by atoms with Crippen LogP contribution in [0.4, 0.5) is 5.00 Å². The molecule has 0 unspecified atom stereocenters. The van der Waals surface area contributed by atoms with Gasteiger partial charge in [-0.2, -0.15) is 11.8 Å². The lowest BCUT2D eigenvalue weighted by Gasteiger charge is -2.10. The molecule has 21 heavy (non-hydrogen) atoms. The molecule has 0 spiro atoms. The van der Waals surface area contributed by atoms with Gasteiger partial charge in [0.15, 0.2) is 5.11 Å². The van der Waals surface area contributed by atoms with Gasteiger partial charge in [-0.15, -0.1) is 11.3 Å². The van der Waals surface area contributed by atoms with Crippen molar-refractivity contribution in [3.05, 3.63) is 16.0 Å². The summed E-state index contributed by atoms with van der Waals surface area (Å²) >= 11 is 8.74. The SMILES string of the molecule is COC(=O)c1c(NC(=S)NCCCSC)sc2c1CCC2. The van der Waals surface area contributed by atoms with Crippen molar-refractivity contribution < 1.29 is 9.53 Å². The van der Waals surface area contributed by atoms with Crippen molar-refractivity contribution in [2.75, 3.05) is 31.0 Å². The Kier molecular flexibility index (Phi) is 6.32. The van der Waals surface area contributed by atoms with E-state index in [0.717, 1.165) is 48.5 Å². The van der Waals surface area contributed by atoms with Crippen molar-refractivity contribution in [3.8, 4) is 0 Å². The molecule has 0 radical (unpaired) electrons. The van der Waals surface area contributed by atoms with Gasteiger partial charge in [0.2, 0.25) is 0 Å². The number of thiophene rings is 1. The van der Waals surface area contributed by atoms with Gasteiger partial charge in [-0.25, -0.2) is 4.79 Å². The standard InChI is InChI=1S/C14H20N2O2S3/c1-18-13(17)11-9-5-3-6-10(9)21-12(11)16-14(19)15-7-4-8-20-2/h3-8H2,1-2H3,(H2,15,16,19). The van der Waals surface area contributed by atoms with Gasteiger partial charge in [0, 0.05) is 11.4 Å². The minimum Gasteiger partial charge on any atom is -0.465 e. The summed E-state index contributed by atoms with van der Waals surface area (Å²) in [5, 5.41) is 7.72. The fraction of sp³-hybridized carbons (Fsp3) is 0.571. The summed E-state index contributed by atoms with van der Waals surface area (Å²) in [6, 6.07) is 0. The van der Waals surface area contributed by atoms with Crippen LogP contribution in [0.25, 0.3) is 0 Å². The van der Waals surface area contributed by atoms with Gasteiger partial charge in [-0.05, 0) is 55.5 Å². The molecule has 0 fully saturated rings. The second-order valence-electron chi connectivity index (χ2n) is 4.78. The highest BCUT2D eigenvalue weighted by Crippen LogP contribution is 2.39. The maximum absolute atomic E-state index is 12.0. The number of carbonyl (C=O) groups excluding carboxylic acids is 1. The van der Waals surface area contributed by atoms with Crippen molar-refractivity contribution in [1.29, 1.82) is 0 Å². The highest BCUT2D eigenvalue weighted by molar-refractivity contribution is 7.98. The zero-order valence-electron chi connectivity index (χ0n) is 12.3. The first kappa shape index (κ1) is 16.6. The van der Waals surface area contributed by atoms with Crippen molar-refractivity contribution in [2.45, 2.75) is 25.7 Å². The van der Waals surface area contributed by atoms with Crippen molar-refractivity contribution in [3.63, 3.8) is 0 Å². The molecule has 2 N–H and O–H groups in total. The second-order valence-corrected chi connectivity index (χ2v) is 7.28. The van der Waals surface area contributed by atoms with Gasteiger partial charge < -0.3 is 15.4 Å². The number of fused-ring (bicyclic) bond motifs is 1. The van der Waals surface area contributed by atoms with Crippen LogP contribution >= 0.6 is 35.3 Å². The normalized spacial score (nSPS) is 12.9. The van der Waals surface area contributed by atoms with Crippen molar-refractivity contribution in [2.24, 2.45) is 0 Å². The molecule has 0 aliphatic heterocycles. The third kappa shape index (κ3) is 4.11. The minimum absolute atomic E-state index is 0.276. The van der Waals surface area contributed by atoms with Crippen LogP contribution in [-0.2, 0) is 17.6 Å². The lowest BCUT2D eigenvalue weighted by molar-refractivity contribution is 0.0601. The van der Waals surface area contributed by atoms with E-state index in [0.29, 0.717) is 10.7 Å². The van der Waals surface area contributed by atoms with E-state index < -0.39 is 0 Å². The quantitative estimate of drug-likeness (QED) is 0.470. The Morgan fingerprint density at radius 3 is 3.00 bits per heavy atom. The molecule has 116 valence electrons. The molecule has 7 heteroatoms. The molecule has 2 rings (SSSR count). The number of carbonyl (C=O) groups is 1. The van der Waals surface area contributed by atoms with E-state index in [1.54, 1.807) is 11.3 Å². The Balaban J connectivity index is 2.03. The van der Waals surface area contributed by atoms with Crippen molar-refractivity contribution in [1.82, 2.24) is 5.32 Å². The second kappa shape index (κ2) is 8.00. The summed E-state index contributed by atoms with van der Waals surface area (Å²) in [5.74, 6) is 0.832. The zero-order valence-corrected chi connectivity index (χ0v) is 14.7. The first-order valence-corrected chi connectivity index (χ1v) is 9.56. The third-order valence-electron chi connectivity index (χ3n) is 3.35. The highest BCUT2D eigenvalue weighted by Gasteiger charge is 2.27. The molecule has 0 saturated heterocycles. The lowest BCUT2D eigenvalue weighted by Crippen LogP contribution is -2.29. The minimum atomic E-state index is -0.276. The van der Waals surface area contributed by atoms with Crippen LogP contribution in [0.1, 0.15) is 33.6 Å². The number of esters is 1. The Bertz CT molecular complexity index is 529. The average molecular weight is 345 g/mol. The number of ether oxygens (including phenoxy) is 1. The molecule has 1 heterocycles. The highest BCUT2D eigenvalue weighted by atomic mass is 32.2. The van der Waals surface area contributed by atoms with E-state index in [-0.39, 0.29) is 5.97 Å². The van der Waals surface area contributed by atoms with Gasteiger partial charge in [-0.1, -0.05) is 0 Å². The number of rotatable bonds is 6. The molecule has 1 aliphatic carbocycles. The van der Waals surface area contributed by atoms with Gasteiger partial charge in [0.05, 0.1) is 12.7 Å². The molecule has 1 aliphatic rings. The van der Waals surface area contributed by atoms with E-state index in [9.17, 15) is 4.79 Å². The molecular weight excluding hydrogens is 324 g/mol. The van der Waals surface area contributed by atoms with Crippen LogP contribution < -0.4 is 10.6 Å². The monoisotopic (exact) mass is 344 g/mol. The summed E-state index contributed by atoms with van der Waals surface area (Å²) in [7, 11) is 1.42. The third-order valence-corrected chi connectivity index (χ3v) is 5.50. The van der Waals surface area contributed by atoms with E-state index in [4.69, 9.17) is 17.0 Å². The number of thioether (sulfide) groups is 1. The maximum atomic E-state index is 12.0. The number of thiocarbonyl (C=S) groups is 1. The fourth-order valence-electron chi connectivity index (χ4n) is 2.38. The molecule has 0 aromatic carbocycles. The lowest BCUT2D eigenvalue weighted by atomic mass is 10.1. The van der Waals surface area contributed by atoms with Crippen LogP contribution in [0.5, 0.6) is 0 Å². The van der Waals surface area contributed by atoms with Gasteiger partial charge in [-0.3, -0.25) is 0 Å². The number of hydrogen-bond acceptors (Lipinski definition) is 5. The zero-order chi connectivity index (χ0) is 15.2. The largest absolute Gasteiger partial charge is 0.465 e. The van der Waals surface area contributed by atoms with E-state index >= 15 is 0 Å². The predicted octanol–water partition coefficient (Wildman–Crippen LogP) is 3.06. The Morgan fingerprint density at radius 1 is 1.48 bits per heavy atom. The smallest absolute Gasteiger partial charge is 0.341 e. The number of aryl methyl sites for hydroxylation is 1. The average Bonchev–Trinajstić information content (AvgIpc) is 3.03. The van der Waals surface area contributed by atoms with Gasteiger partial charge in [0.25, 0.3) is 0 Å². The first-order chi connectivity index (χ1) is 10.2. The van der Waals surface area contributed by atoms with Crippen LogP contribution in [0.2, 0.25) is 0 Å². The van der Waals surface area contributed by atoms with Gasteiger partial charge >= 0.3 is 5.97 Å². The summed E-state index contributed by atoms with van der Waals surface area (Å²) in [4.78, 5) is 13.3. The van der Waals surface area contributed by atoms with Crippen LogP contribution in [-0.4, -0.2) is 36.7 Å². The van der Waals surface area contributed by atoms with E-state index in [1.165, 1.54) is 12.0 Å². The Labute approximate surface area is 139 Å².